The standard InChI is InChI=1S/C21H17F3N2OS/c22-21(23,24)15-9-4-8-14-12-20(16-10-5-11-26(16)17(14)15)19(27)25-18(28-20)13-6-2-1-3-7-13/h1-4,6-9,16H,5,10-12H2. The topological polar surface area (TPSA) is 32.7 Å². The first-order valence-electron chi connectivity index (χ1n) is 9.23. The molecule has 28 heavy (non-hydrogen) atoms. The Labute approximate surface area is 164 Å². The molecule has 5 rings (SSSR count). The van der Waals surface area contributed by atoms with Crippen molar-refractivity contribution in [3.63, 3.8) is 0 Å². The van der Waals surface area contributed by atoms with Crippen LogP contribution in [0.15, 0.2) is 53.5 Å². The Morgan fingerprint density at radius 2 is 1.89 bits per heavy atom. The first kappa shape index (κ1) is 17.8. The predicted octanol–water partition coefficient (Wildman–Crippen LogP) is 4.69. The van der Waals surface area contributed by atoms with Crippen molar-refractivity contribution in [2.24, 2.45) is 4.99 Å². The predicted molar refractivity (Wildman–Crippen MR) is 104 cm³/mol. The van der Waals surface area contributed by atoms with Gasteiger partial charge in [0.1, 0.15) is 9.79 Å². The third kappa shape index (κ3) is 2.52. The molecule has 0 saturated carbocycles. The number of halogens is 3. The largest absolute Gasteiger partial charge is 0.418 e. The summed E-state index contributed by atoms with van der Waals surface area (Å²) >= 11 is 1.43. The zero-order valence-corrected chi connectivity index (χ0v) is 15.7. The molecule has 3 aliphatic rings. The van der Waals surface area contributed by atoms with Gasteiger partial charge in [0, 0.05) is 18.5 Å². The molecular formula is C21H17F3N2OS. The molecule has 1 spiro atoms. The van der Waals surface area contributed by atoms with Crippen molar-refractivity contribution >= 4 is 28.4 Å². The van der Waals surface area contributed by atoms with Crippen molar-refractivity contribution in [1.29, 1.82) is 0 Å². The summed E-state index contributed by atoms with van der Waals surface area (Å²) in [5, 5.41) is 0.660. The number of fused-ring (bicyclic) bond motifs is 4. The van der Waals surface area contributed by atoms with Crippen LogP contribution in [-0.4, -0.2) is 28.3 Å². The van der Waals surface area contributed by atoms with Crippen molar-refractivity contribution in [1.82, 2.24) is 0 Å². The quantitative estimate of drug-likeness (QED) is 0.694. The van der Waals surface area contributed by atoms with Gasteiger partial charge in [-0.1, -0.05) is 54.2 Å². The fourth-order valence-electron chi connectivity index (χ4n) is 4.67. The van der Waals surface area contributed by atoms with Crippen LogP contribution in [0.5, 0.6) is 0 Å². The number of benzene rings is 2. The number of alkyl halides is 3. The summed E-state index contributed by atoms with van der Waals surface area (Å²) in [5.74, 6) is -0.226. The van der Waals surface area contributed by atoms with Crippen LogP contribution in [0.2, 0.25) is 0 Å². The zero-order valence-electron chi connectivity index (χ0n) is 14.9. The van der Waals surface area contributed by atoms with Gasteiger partial charge in [-0.15, -0.1) is 0 Å². The molecule has 1 amide bonds. The molecule has 0 radical (unpaired) electrons. The van der Waals surface area contributed by atoms with E-state index < -0.39 is 16.5 Å². The monoisotopic (exact) mass is 402 g/mol. The number of amides is 1. The number of nitrogens with zero attached hydrogens (tertiary/aromatic N) is 2. The van der Waals surface area contributed by atoms with Crippen LogP contribution in [0.25, 0.3) is 0 Å². The number of aliphatic imine (C=N–C) groups is 1. The molecule has 0 N–H and O–H groups in total. The van der Waals surface area contributed by atoms with E-state index in [0.29, 0.717) is 23.6 Å². The number of carbonyl (C=O) groups is 1. The van der Waals surface area contributed by atoms with Gasteiger partial charge in [0.05, 0.1) is 17.3 Å². The zero-order chi connectivity index (χ0) is 19.5. The highest BCUT2D eigenvalue weighted by molar-refractivity contribution is 8.16. The van der Waals surface area contributed by atoms with Gasteiger partial charge in [0.15, 0.2) is 0 Å². The normalized spacial score (nSPS) is 26.4. The van der Waals surface area contributed by atoms with Gasteiger partial charge in [-0.3, -0.25) is 4.79 Å². The molecule has 3 aliphatic heterocycles. The van der Waals surface area contributed by atoms with Crippen LogP contribution in [0.1, 0.15) is 29.5 Å². The average molecular weight is 402 g/mol. The molecule has 2 aromatic rings. The van der Waals surface area contributed by atoms with E-state index in [1.165, 1.54) is 17.8 Å². The molecule has 144 valence electrons. The van der Waals surface area contributed by atoms with Crippen molar-refractivity contribution in [3.05, 3.63) is 65.2 Å². The van der Waals surface area contributed by atoms with Crippen LogP contribution in [0, 0.1) is 0 Å². The number of rotatable bonds is 1. The second kappa shape index (κ2) is 6.11. The molecule has 2 atom stereocenters. The molecule has 3 heterocycles. The van der Waals surface area contributed by atoms with Crippen molar-refractivity contribution in [2.75, 3.05) is 11.4 Å². The van der Waals surface area contributed by atoms with Crippen molar-refractivity contribution in [3.8, 4) is 0 Å². The van der Waals surface area contributed by atoms with Gasteiger partial charge >= 0.3 is 6.18 Å². The summed E-state index contributed by atoms with van der Waals surface area (Å²) in [5.41, 5.74) is 1.10. The first-order valence-corrected chi connectivity index (χ1v) is 10.0. The number of carbonyl (C=O) groups excluding carboxylic acids is 1. The van der Waals surface area contributed by atoms with Crippen LogP contribution in [0.3, 0.4) is 0 Å². The van der Waals surface area contributed by atoms with Crippen molar-refractivity contribution < 1.29 is 18.0 Å². The van der Waals surface area contributed by atoms with Crippen LogP contribution in [0.4, 0.5) is 18.9 Å². The summed E-state index contributed by atoms with van der Waals surface area (Å²) in [4.78, 5) is 19.3. The average Bonchev–Trinajstić information content (AvgIpc) is 3.28. The number of hydrogen-bond donors (Lipinski definition) is 0. The summed E-state index contributed by atoms with van der Waals surface area (Å²) in [6.45, 7) is 0.529. The van der Waals surface area contributed by atoms with Crippen molar-refractivity contribution in [2.45, 2.75) is 36.2 Å². The lowest BCUT2D eigenvalue weighted by atomic mass is 9.83. The van der Waals surface area contributed by atoms with Crippen LogP contribution in [-0.2, 0) is 17.4 Å². The summed E-state index contributed by atoms with van der Waals surface area (Å²) < 4.78 is 40.1. The molecule has 0 aromatic heterocycles. The van der Waals surface area contributed by atoms with E-state index in [0.717, 1.165) is 18.1 Å². The van der Waals surface area contributed by atoms with Gasteiger partial charge in [0.2, 0.25) is 0 Å². The smallest absolute Gasteiger partial charge is 0.366 e. The summed E-state index contributed by atoms with van der Waals surface area (Å²) in [7, 11) is 0. The Morgan fingerprint density at radius 1 is 1.11 bits per heavy atom. The number of para-hydroxylation sites is 1. The minimum Gasteiger partial charge on any atom is -0.366 e. The Bertz CT molecular complexity index is 989. The van der Waals surface area contributed by atoms with Gasteiger partial charge in [-0.25, -0.2) is 4.99 Å². The molecule has 1 saturated heterocycles. The van der Waals surface area contributed by atoms with Gasteiger partial charge in [0.25, 0.3) is 5.91 Å². The lowest BCUT2D eigenvalue weighted by Crippen LogP contribution is -2.56. The highest BCUT2D eigenvalue weighted by atomic mass is 32.2. The van der Waals surface area contributed by atoms with Crippen LogP contribution >= 0.6 is 11.8 Å². The third-order valence-electron chi connectivity index (χ3n) is 5.82. The van der Waals surface area contributed by atoms with E-state index in [9.17, 15) is 18.0 Å². The second-order valence-corrected chi connectivity index (χ2v) is 8.74. The van der Waals surface area contributed by atoms with Crippen LogP contribution < -0.4 is 4.90 Å². The molecule has 0 aliphatic carbocycles. The van der Waals surface area contributed by atoms with E-state index in [1.807, 2.05) is 35.2 Å². The summed E-state index contributed by atoms with van der Waals surface area (Å²) in [6.07, 6.45) is -2.67. The van der Waals surface area contributed by atoms with Gasteiger partial charge in [-0.2, -0.15) is 13.2 Å². The second-order valence-electron chi connectivity index (χ2n) is 7.42. The summed E-state index contributed by atoms with van der Waals surface area (Å²) in [6, 6.07) is 13.5. The van der Waals surface area contributed by atoms with E-state index in [-0.39, 0.29) is 24.1 Å². The fourth-order valence-corrected chi connectivity index (χ4v) is 6.14. The maximum atomic E-state index is 13.6. The van der Waals surface area contributed by atoms with E-state index in [4.69, 9.17) is 0 Å². The molecule has 3 nitrogen and oxygen atoms in total. The van der Waals surface area contributed by atoms with E-state index >= 15 is 0 Å². The SMILES string of the molecule is O=C1N=C(c2ccccc2)SC12Cc1cccc(C(F)(F)F)c1N1CCCC12. The number of thioether (sulfide) groups is 1. The van der Waals surface area contributed by atoms with E-state index in [2.05, 4.69) is 4.99 Å². The Hall–Kier alpha value is -2.28. The maximum Gasteiger partial charge on any atom is 0.418 e. The number of hydrogen-bond acceptors (Lipinski definition) is 3. The Balaban J connectivity index is 1.60. The maximum absolute atomic E-state index is 13.6. The fraction of sp³-hybridized carbons (Fsp3) is 0.333. The number of anilines is 1. The minimum atomic E-state index is -4.42. The lowest BCUT2D eigenvalue weighted by molar-refractivity contribution is -0.137. The first-order chi connectivity index (χ1) is 13.4. The molecule has 2 unspecified atom stereocenters. The highest BCUT2D eigenvalue weighted by Gasteiger charge is 2.58. The molecule has 7 heteroatoms. The third-order valence-corrected chi connectivity index (χ3v) is 7.30. The molecule has 2 aromatic carbocycles. The van der Waals surface area contributed by atoms with Gasteiger partial charge < -0.3 is 4.90 Å². The van der Waals surface area contributed by atoms with Gasteiger partial charge in [-0.05, 0) is 24.5 Å². The van der Waals surface area contributed by atoms with E-state index in [1.54, 1.807) is 6.07 Å². The molecule has 1 fully saturated rings. The minimum absolute atomic E-state index is 0.226. The lowest BCUT2D eigenvalue weighted by Gasteiger charge is -2.45. The Kier molecular flexibility index (Phi) is 3.88. The molecular weight excluding hydrogens is 385 g/mol. The molecule has 0 bridgehead atoms. The Morgan fingerprint density at radius 3 is 2.64 bits per heavy atom. The highest BCUT2D eigenvalue weighted by Crippen LogP contribution is 2.54.